The van der Waals surface area contributed by atoms with E-state index < -0.39 is 5.97 Å². The number of carbonyl (C=O) groups is 1. The van der Waals surface area contributed by atoms with Crippen LogP contribution in [0.5, 0.6) is 11.5 Å². The molecule has 1 aliphatic rings. The summed E-state index contributed by atoms with van der Waals surface area (Å²) in [4.78, 5) is 13.1. The number of fused-ring (bicyclic) bond motifs is 1. The molecule has 156 valence electrons. The third-order valence-electron chi connectivity index (χ3n) is 5.86. The fraction of sp³-hybridized carbons (Fsp3) is 0.480. The topological polar surface area (TPSA) is 35.5 Å². The number of benzene rings is 2. The maximum Gasteiger partial charge on any atom is 0.347 e. The van der Waals surface area contributed by atoms with Gasteiger partial charge in [0, 0.05) is 11.1 Å². The average Bonchev–Trinajstić information content (AvgIpc) is 3.12. The third-order valence-corrected chi connectivity index (χ3v) is 5.86. The van der Waals surface area contributed by atoms with Crippen LogP contribution in [0.25, 0.3) is 0 Å². The van der Waals surface area contributed by atoms with E-state index in [1.165, 1.54) is 0 Å². The van der Waals surface area contributed by atoms with Crippen molar-refractivity contribution in [2.24, 2.45) is 11.3 Å². The van der Waals surface area contributed by atoms with Crippen molar-refractivity contribution in [3.05, 3.63) is 58.4 Å². The Hall–Kier alpha value is -2.36. The zero-order valence-corrected chi connectivity index (χ0v) is 18.1. The second-order valence-corrected chi connectivity index (χ2v) is 8.98. The summed E-state index contributed by atoms with van der Waals surface area (Å²) in [5, 5.41) is 0. The summed E-state index contributed by atoms with van der Waals surface area (Å²) in [6.45, 7) is 10.8. The predicted octanol–water partition coefficient (Wildman–Crippen LogP) is 6.29. The van der Waals surface area contributed by atoms with E-state index >= 15 is 4.39 Å². The van der Waals surface area contributed by atoms with Crippen molar-refractivity contribution in [1.82, 2.24) is 0 Å². The fourth-order valence-corrected chi connectivity index (χ4v) is 3.90. The number of ether oxygens (including phenoxy) is 2. The molecule has 2 aromatic carbocycles. The molecule has 0 saturated heterocycles. The molecule has 0 saturated carbocycles. The van der Waals surface area contributed by atoms with Gasteiger partial charge in [0.1, 0.15) is 22.9 Å². The molecule has 2 aromatic rings. The second-order valence-electron chi connectivity index (χ2n) is 8.98. The first-order valence-corrected chi connectivity index (χ1v) is 10.5. The van der Waals surface area contributed by atoms with Gasteiger partial charge in [-0.2, -0.15) is 0 Å². The van der Waals surface area contributed by atoms with Gasteiger partial charge in [-0.25, -0.2) is 9.18 Å². The Bertz CT molecular complexity index is 881. The number of unbranched alkanes of at least 4 members (excludes halogenated alkanes) is 1. The first-order chi connectivity index (χ1) is 13.7. The van der Waals surface area contributed by atoms with Gasteiger partial charge in [-0.05, 0) is 55.2 Å². The summed E-state index contributed by atoms with van der Waals surface area (Å²) in [7, 11) is 0. The molecule has 1 aliphatic carbocycles. The molecule has 0 spiro atoms. The monoisotopic (exact) mass is 398 g/mol. The maximum absolute atomic E-state index is 15.3. The number of rotatable bonds is 6. The number of carbonyl (C=O) groups excluding carboxylic acids is 1. The SMILES string of the molecule is CCCCOc1c2c(c(F)c(C)c1C(=O)Oc1ccccc1)CC(C(C)(C)C)C2. The molecule has 3 nitrogen and oxygen atoms in total. The summed E-state index contributed by atoms with van der Waals surface area (Å²) in [5.41, 5.74) is 2.11. The minimum atomic E-state index is -0.568. The number of hydrogen-bond donors (Lipinski definition) is 0. The van der Waals surface area contributed by atoms with Gasteiger partial charge in [-0.3, -0.25) is 0 Å². The van der Waals surface area contributed by atoms with Crippen LogP contribution >= 0.6 is 0 Å². The number of para-hydroxylation sites is 1. The maximum atomic E-state index is 15.3. The molecule has 0 heterocycles. The molecule has 0 bridgehead atoms. The Morgan fingerprint density at radius 2 is 1.79 bits per heavy atom. The summed E-state index contributed by atoms with van der Waals surface area (Å²) < 4.78 is 27.0. The van der Waals surface area contributed by atoms with Crippen LogP contribution in [0.1, 0.15) is 67.6 Å². The smallest absolute Gasteiger partial charge is 0.347 e. The van der Waals surface area contributed by atoms with Crippen molar-refractivity contribution in [3.63, 3.8) is 0 Å². The molecule has 0 aliphatic heterocycles. The summed E-state index contributed by atoms with van der Waals surface area (Å²) in [6, 6.07) is 8.87. The van der Waals surface area contributed by atoms with E-state index in [1.54, 1.807) is 31.2 Å². The Morgan fingerprint density at radius 3 is 2.41 bits per heavy atom. The van der Waals surface area contributed by atoms with Crippen LogP contribution in [0.15, 0.2) is 30.3 Å². The van der Waals surface area contributed by atoms with Gasteiger partial charge in [0.25, 0.3) is 0 Å². The lowest BCUT2D eigenvalue weighted by atomic mass is 9.79. The van der Waals surface area contributed by atoms with Crippen molar-refractivity contribution in [2.45, 2.75) is 60.3 Å². The lowest BCUT2D eigenvalue weighted by molar-refractivity contribution is 0.0728. The normalized spacial score (nSPS) is 15.9. The Balaban J connectivity index is 2.05. The molecule has 0 amide bonds. The van der Waals surface area contributed by atoms with Crippen molar-refractivity contribution in [2.75, 3.05) is 6.61 Å². The highest BCUT2D eigenvalue weighted by Crippen LogP contribution is 2.45. The predicted molar refractivity (Wildman–Crippen MR) is 113 cm³/mol. The highest BCUT2D eigenvalue weighted by Gasteiger charge is 2.38. The molecular weight excluding hydrogens is 367 g/mol. The van der Waals surface area contributed by atoms with Crippen molar-refractivity contribution < 1.29 is 18.7 Å². The van der Waals surface area contributed by atoms with Crippen molar-refractivity contribution >= 4 is 5.97 Å². The molecule has 0 aromatic heterocycles. The van der Waals surface area contributed by atoms with Gasteiger partial charge < -0.3 is 9.47 Å². The fourth-order valence-electron chi connectivity index (χ4n) is 3.90. The van der Waals surface area contributed by atoms with Crippen LogP contribution in [-0.4, -0.2) is 12.6 Å². The molecule has 29 heavy (non-hydrogen) atoms. The van der Waals surface area contributed by atoms with Gasteiger partial charge in [-0.1, -0.05) is 52.3 Å². The van der Waals surface area contributed by atoms with Gasteiger partial charge in [-0.15, -0.1) is 0 Å². The number of hydrogen-bond acceptors (Lipinski definition) is 3. The summed E-state index contributed by atoms with van der Waals surface area (Å²) in [5.74, 6) is 0.390. The van der Waals surface area contributed by atoms with E-state index in [-0.39, 0.29) is 16.8 Å². The van der Waals surface area contributed by atoms with Gasteiger partial charge >= 0.3 is 5.97 Å². The highest BCUT2D eigenvalue weighted by atomic mass is 19.1. The van der Waals surface area contributed by atoms with E-state index in [9.17, 15) is 4.79 Å². The zero-order chi connectivity index (χ0) is 21.2. The lowest BCUT2D eigenvalue weighted by Crippen LogP contribution is -2.20. The molecule has 1 atom stereocenters. The first kappa shape index (κ1) is 21.4. The van der Waals surface area contributed by atoms with E-state index in [4.69, 9.17) is 9.47 Å². The minimum absolute atomic E-state index is 0.0464. The second kappa shape index (κ2) is 8.56. The summed E-state index contributed by atoms with van der Waals surface area (Å²) >= 11 is 0. The number of esters is 1. The van der Waals surface area contributed by atoms with Crippen LogP contribution in [0.4, 0.5) is 4.39 Å². The average molecular weight is 399 g/mol. The minimum Gasteiger partial charge on any atom is -0.492 e. The molecular formula is C25H31FO3. The van der Waals surface area contributed by atoms with E-state index in [0.717, 1.165) is 18.4 Å². The first-order valence-electron chi connectivity index (χ1n) is 10.5. The molecule has 0 fully saturated rings. The Morgan fingerprint density at radius 1 is 1.14 bits per heavy atom. The van der Waals surface area contributed by atoms with Gasteiger partial charge in [0.15, 0.2) is 0 Å². The molecule has 0 radical (unpaired) electrons. The van der Waals surface area contributed by atoms with E-state index in [2.05, 4.69) is 27.7 Å². The van der Waals surface area contributed by atoms with Gasteiger partial charge in [0.2, 0.25) is 0 Å². The van der Waals surface area contributed by atoms with Crippen LogP contribution in [0.2, 0.25) is 0 Å². The van der Waals surface area contributed by atoms with Crippen molar-refractivity contribution in [1.29, 1.82) is 0 Å². The van der Waals surface area contributed by atoms with E-state index in [1.807, 2.05) is 6.07 Å². The third kappa shape index (κ3) is 4.47. The van der Waals surface area contributed by atoms with Crippen LogP contribution in [0, 0.1) is 24.1 Å². The van der Waals surface area contributed by atoms with Crippen LogP contribution in [0.3, 0.4) is 0 Å². The number of halogens is 1. The highest BCUT2D eigenvalue weighted by molar-refractivity contribution is 5.96. The lowest BCUT2D eigenvalue weighted by Gasteiger charge is -2.26. The van der Waals surface area contributed by atoms with Crippen molar-refractivity contribution in [3.8, 4) is 11.5 Å². The largest absolute Gasteiger partial charge is 0.492 e. The summed E-state index contributed by atoms with van der Waals surface area (Å²) in [6.07, 6.45) is 3.24. The van der Waals surface area contributed by atoms with Crippen LogP contribution < -0.4 is 9.47 Å². The molecule has 0 N–H and O–H groups in total. The molecule has 4 heteroatoms. The Labute approximate surface area is 173 Å². The zero-order valence-electron chi connectivity index (χ0n) is 18.1. The van der Waals surface area contributed by atoms with Gasteiger partial charge in [0.05, 0.1) is 6.61 Å². The van der Waals surface area contributed by atoms with E-state index in [0.29, 0.717) is 48.0 Å². The Kier molecular flexibility index (Phi) is 6.30. The van der Waals surface area contributed by atoms with Crippen LogP contribution in [-0.2, 0) is 12.8 Å². The quantitative estimate of drug-likeness (QED) is 0.326. The molecule has 1 unspecified atom stereocenters. The standard InChI is InChI=1S/C25H31FO3/c1-6-7-13-28-23-20-15-17(25(3,4)5)14-19(20)22(26)16(2)21(23)24(27)29-18-11-9-8-10-12-18/h8-12,17H,6-7,13-15H2,1-5H3. The molecule has 3 rings (SSSR count).